The van der Waals surface area contributed by atoms with E-state index in [2.05, 4.69) is 53.4 Å². The highest BCUT2D eigenvalue weighted by Crippen LogP contribution is 2.30. The van der Waals surface area contributed by atoms with Crippen LogP contribution in [0.1, 0.15) is 11.1 Å². The van der Waals surface area contributed by atoms with Crippen molar-refractivity contribution in [1.82, 2.24) is 4.90 Å². The maximum atomic E-state index is 5.72. The second kappa shape index (κ2) is 5.55. The first-order valence-corrected chi connectivity index (χ1v) is 6.97. The highest BCUT2D eigenvalue weighted by atomic mass is 15.1. The average molecular weight is 252 g/mol. The van der Waals surface area contributed by atoms with Gasteiger partial charge in [-0.05, 0) is 28.7 Å². The van der Waals surface area contributed by atoms with Crippen LogP contribution in [0.4, 0.5) is 0 Å². The summed E-state index contributed by atoms with van der Waals surface area (Å²) in [7, 11) is 0. The smallest absolute Gasteiger partial charge is 0.0240 e. The summed E-state index contributed by atoms with van der Waals surface area (Å²) in [6, 6.07) is 17.5. The Hall–Kier alpha value is -1.64. The van der Waals surface area contributed by atoms with Crippen LogP contribution < -0.4 is 5.73 Å². The molecule has 2 heteroatoms. The van der Waals surface area contributed by atoms with Crippen molar-refractivity contribution < 1.29 is 0 Å². The number of nitrogens with two attached hydrogens (primary N) is 1. The Labute approximate surface area is 114 Å². The topological polar surface area (TPSA) is 29.3 Å². The molecule has 2 aromatic carbocycles. The summed E-state index contributed by atoms with van der Waals surface area (Å²) >= 11 is 0. The predicted octanol–water partition coefficient (Wildman–Crippen LogP) is 2.67. The molecule has 0 amide bonds. The van der Waals surface area contributed by atoms with Gasteiger partial charge in [0.15, 0.2) is 0 Å². The zero-order valence-corrected chi connectivity index (χ0v) is 11.2. The van der Waals surface area contributed by atoms with Crippen molar-refractivity contribution in [3.8, 4) is 11.1 Å². The lowest BCUT2D eigenvalue weighted by molar-refractivity contribution is 0.275. The number of hydrogen-bond donors (Lipinski definition) is 1. The summed E-state index contributed by atoms with van der Waals surface area (Å²) in [6.07, 6.45) is 1.10. The summed E-state index contributed by atoms with van der Waals surface area (Å²) in [4.78, 5) is 2.45. The Morgan fingerprint density at radius 1 is 0.895 bits per heavy atom. The van der Waals surface area contributed by atoms with Crippen molar-refractivity contribution >= 4 is 0 Å². The standard InChI is InChI=1S/C17H20N2/c18-10-12-19-11-9-14-5-1-3-7-16(14)17-8-4-2-6-15(17)13-19/h1-8H,9-13,18H2. The Bertz CT molecular complexity index is 563. The molecule has 98 valence electrons. The molecule has 0 saturated carbocycles. The summed E-state index contributed by atoms with van der Waals surface area (Å²) in [5, 5.41) is 0. The van der Waals surface area contributed by atoms with Crippen molar-refractivity contribution in [2.75, 3.05) is 19.6 Å². The molecule has 3 rings (SSSR count). The van der Waals surface area contributed by atoms with Gasteiger partial charge in [0.1, 0.15) is 0 Å². The van der Waals surface area contributed by atoms with Crippen LogP contribution in [0, 0.1) is 0 Å². The minimum atomic E-state index is 0.726. The van der Waals surface area contributed by atoms with Gasteiger partial charge in [0.05, 0.1) is 0 Å². The predicted molar refractivity (Wildman–Crippen MR) is 79.9 cm³/mol. The minimum absolute atomic E-state index is 0.726. The fraction of sp³-hybridized carbons (Fsp3) is 0.294. The second-order valence-corrected chi connectivity index (χ2v) is 5.13. The van der Waals surface area contributed by atoms with E-state index >= 15 is 0 Å². The zero-order valence-electron chi connectivity index (χ0n) is 11.2. The number of rotatable bonds is 2. The number of benzene rings is 2. The maximum Gasteiger partial charge on any atom is 0.0240 e. The molecule has 0 aliphatic carbocycles. The summed E-state index contributed by atoms with van der Waals surface area (Å²) in [5.74, 6) is 0. The number of nitrogens with zero attached hydrogens (tertiary/aromatic N) is 1. The third-order valence-corrected chi connectivity index (χ3v) is 3.86. The molecule has 1 heterocycles. The fourth-order valence-electron chi connectivity index (χ4n) is 2.89. The summed E-state index contributed by atoms with van der Waals surface area (Å²) in [5.41, 5.74) is 11.3. The van der Waals surface area contributed by atoms with Gasteiger partial charge in [0.2, 0.25) is 0 Å². The minimum Gasteiger partial charge on any atom is -0.329 e. The lowest BCUT2D eigenvalue weighted by Gasteiger charge is -2.27. The first-order valence-electron chi connectivity index (χ1n) is 6.97. The van der Waals surface area contributed by atoms with Gasteiger partial charge >= 0.3 is 0 Å². The van der Waals surface area contributed by atoms with Crippen LogP contribution in [0.15, 0.2) is 48.5 Å². The van der Waals surface area contributed by atoms with Gasteiger partial charge in [-0.25, -0.2) is 0 Å². The molecule has 0 atom stereocenters. The Morgan fingerprint density at radius 2 is 1.53 bits per heavy atom. The van der Waals surface area contributed by atoms with E-state index in [0.717, 1.165) is 32.6 Å². The van der Waals surface area contributed by atoms with Gasteiger partial charge in [0.25, 0.3) is 0 Å². The molecule has 1 aliphatic rings. The van der Waals surface area contributed by atoms with Crippen molar-refractivity contribution in [2.45, 2.75) is 13.0 Å². The molecule has 1 aliphatic heterocycles. The van der Waals surface area contributed by atoms with E-state index in [0.29, 0.717) is 0 Å². The number of fused-ring (bicyclic) bond motifs is 3. The van der Waals surface area contributed by atoms with E-state index in [1.165, 1.54) is 22.3 Å². The van der Waals surface area contributed by atoms with Crippen LogP contribution >= 0.6 is 0 Å². The van der Waals surface area contributed by atoms with E-state index in [-0.39, 0.29) is 0 Å². The third-order valence-electron chi connectivity index (χ3n) is 3.86. The van der Waals surface area contributed by atoms with Crippen LogP contribution in [0.25, 0.3) is 11.1 Å². The Morgan fingerprint density at radius 3 is 2.26 bits per heavy atom. The third kappa shape index (κ3) is 2.55. The van der Waals surface area contributed by atoms with Crippen molar-refractivity contribution in [3.63, 3.8) is 0 Å². The van der Waals surface area contributed by atoms with Crippen molar-refractivity contribution in [3.05, 3.63) is 59.7 Å². The van der Waals surface area contributed by atoms with E-state index in [1.807, 2.05) is 0 Å². The first kappa shape index (κ1) is 12.4. The highest BCUT2D eigenvalue weighted by Gasteiger charge is 2.15. The summed E-state index contributed by atoms with van der Waals surface area (Å²) in [6.45, 7) is 3.78. The molecule has 19 heavy (non-hydrogen) atoms. The Balaban J connectivity index is 2.07. The van der Waals surface area contributed by atoms with E-state index < -0.39 is 0 Å². The molecule has 2 nitrogen and oxygen atoms in total. The van der Waals surface area contributed by atoms with Gasteiger partial charge in [-0.1, -0.05) is 48.5 Å². The fourth-order valence-corrected chi connectivity index (χ4v) is 2.89. The average Bonchev–Trinajstić information content (AvgIpc) is 2.44. The highest BCUT2D eigenvalue weighted by molar-refractivity contribution is 5.71. The summed E-state index contributed by atoms with van der Waals surface area (Å²) < 4.78 is 0. The molecule has 0 unspecified atom stereocenters. The zero-order chi connectivity index (χ0) is 13.1. The van der Waals surface area contributed by atoms with E-state index in [9.17, 15) is 0 Å². The lowest BCUT2D eigenvalue weighted by Crippen LogP contribution is -2.32. The molecule has 0 aromatic heterocycles. The molecule has 0 radical (unpaired) electrons. The molecule has 0 saturated heterocycles. The molecular weight excluding hydrogens is 232 g/mol. The molecule has 0 bridgehead atoms. The quantitative estimate of drug-likeness (QED) is 0.890. The van der Waals surface area contributed by atoms with Gasteiger partial charge in [-0.3, -0.25) is 4.90 Å². The first-order chi connectivity index (χ1) is 9.38. The largest absolute Gasteiger partial charge is 0.329 e. The Kier molecular flexibility index (Phi) is 3.62. The normalized spacial score (nSPS) is 15.2. The lowest BCUT2D eigenvalue weighted by atomic mass is 9.92. The van der Waals surface area contributed by atoms with Crippen molar-refractivity contribution in [1.29, 1.82) is 0 Å². The van der Waals surface area contributed by atoms with Gasteiger partial charge < -0.3 is 5.73 Å². The van der Waals surface area contributed by atoms with E-state index in [1.54, 1.807) is 0 Å². The molecule has 0 fully saturated rings. The monoisotopic (exact) mass is 252 g/mol. The maximum absolute atomic E-state index is 5.72. The van der Waals surface area contributed by atoms with Crippen molar-refractivity contribution in [2.24, 2.45) is 5.73 Å². The van der Waals surface area contributed by atoms with Crippen LogP contribution in [0.2, 0.25) is 0 Å². The van der Waals surface area contributed by atoms with Gasteiger partial charge in [-0.2, -0.15) is 0 Å². The van der Waals surface area contributed by atoms with Crippen LogP contribution in [-0.2, 0) is 13.0 Å². The molecule has 0 spiro atoms. The van der Waals surface area contributed by atoms with E-state index in [4.69, 9.17) is 5.73 Å². The van der Waals surface area contributed by atoms with Gasteiger partial charge in [-0.15, -0.1) is 0 Å². The van der Waals surface area contributed by atoms with Crippen LogP contribution in [-0.4, -0.2) is 24.5 Å². The van der Waals surface area contributed by atoms with Gasteiger partial charge in [0, 0.05) is 26.2 Å². The SMILES string of the molecule is NCCN1CCc2ccccc2-c2ccccc2C1. The molecular formula is C17H20N2. The van der Waals surface area contributed by atoms with Crippen LogP contribution in [0.5, 0.6) is 0 Å². The number of hydrogen-bond acceptors (Lipinski definition) is 2. The molecule has 2 aromatic rings. The van der Waals surface area contributed by atoms with Crippen LogP contribution in [0.3, 0.4) is 0 Å². The second-order valence-electron chi connectivity index (χ2n) is 5.13. The molecule has 2 N–H and O–H groups in total.